The molecule has 5 heteroatoms. The molecule has 0 aromatic carbocycles. The molecule has 1 heterocycles. The van der Waals surface area contributed by atoms with Gasteiger partial charge in [0.2, 0.25) is 5.89 Å². The number of aliphatic hydroxyl groups excluding tert-OH is 1. The molecule has 0 bridgehead atoms. The maximum Gasteiger partial charge on any atom is 0.208 e. The van der Waals surface area contributed by atoms with Gasteiger partial charge in [-0.3, -0.25) is 0 Å². The van der Waals surface area contributed by atoms with Gasteiger partial charge in [0.25, 0.3) is 0 Å². The molecule has 0 aliphatic heterocycles. The van der Waals surface area contributed by atoms with Crippen molar-refractivity contribution in [1.29, 1.82) is 0 Å². The summed E-state index contributed by atoms with van der Waals surface area (Å²) in [4.78, 5) is 4.26. The number of hydrogen-bond donors (Lipinski definition) is 2. The minimum atomic E-state index is -0.471. The molecule has 2 N–H and O–H groups in total. The number of ether oxygens (including phenoxy) is 1. The summed E-state index contributed by atoms with van der Waals surface area (Å²) in [5.41, 5.74) is 0.917. The summed E-state index contributed by atoms with van der Waals surface area (Å²) < 4.78 is 10.8. The summed E-state index contributed by atoms with van der Waals surface area (Å²) in [6.07, 6.45) is 2.08. The Labute approximate surface area is 108 Å². The lowest BCUT2D eigenvalue weighted by Gasteiger charge is -2.11. The van der Waals surface area contributed by atoms with Crippen molar-refractivity contribution in [3.63, 3.8) is 0 Å². The van der Waals surface area contributed by atoms with Gasteiger partial charge in [-0.15, -0.1) is 0 Å². The van der Waals surface area contributed by atoms with Gasteiger partial charge in [-0.2, -0.15) is 0 Å². The van der Waals surface area contributed by atoms with Crippen LogP contribution < -0.4 is 5.32 Å². The average molecular weight is 254 g/mol. The summed E-state index contributed by atoms with van der Waals surface area (Å²) in [7, 11) is 0. The molecule has 5 nitrogen and oxygen atoms in total. The minimum absolute atomic E-state index is 0.396. The van der Waals surface area contributed by atoms with Crippen molar-refractivity contribution in [2.24, 2.45) is 5.92 Å². The summed E-state index contributed by atoms with van der Waals surface area (Å²) in [6.45, 7) is 6.02. The van der Waals surface area contributed by atoms with Crippen LogP contribution in [0.1, 0.15) is 30.2 Å². The van der Waals surface area contributed by atoms with Gasteiger partial charge in [0.15, 0.2) is 0 Å². The lowest BCUT2D eigenvalue weighted by Crippen LogP contribution is -2.30. The molecular formula is C13H22N2O3. The van der Waals surface area contributed by atoms with Crippen molar-refractivity contribution in [1.82, 2.24) is 10.3 Å². The van der Waals surface area contributed by atoms with Crippen molar-refractivity contribution >= 4 is 0 Å². The molecule has 18 heavy (non-hydrogen) atoms. The average Bonchev–Trinajstić information content (AvgIpc) is 3.07. The van der Waals surface area contributed by atoms with Crippen molar-refractivity contribution in [2.75, 3.05) is 19.8 Å². The molecule has 0 saturated heterocycles. The van der Waals surface area contributed by atoms with E-state index >= 15 is 0 Å². The van der Waals surface area contributed by atoms with Crippen molar-refractivity contribution in [3.05, 3.63) is 17.3 Å². The Hall–Kier alpha value is -0.910. The van der Waals surface area contributed by atoms with E-state index in [0.717, 1.165) is 24.0 Å². The summed E-state index contributed by atoms with van der Waals surface area (Å²) in [6, 6.07) is 0. The number of rotatable bonds is 8. The Morgan fingerprint density at radius 1 is 1.50 bits per heavy atom. The Bertz CT molecular complexity index is 355. The molecule has 0 radical (unpaired) electrons. The molecule has 1 atom stereocenters. The zero-order chi connectivity index (χ0) is 13.0. The molecule has 2 rings (SSSR count). The number of nitrogens with zero attached hydrogens (tertiary/aromatic N) is 1. The summed E-state index contributed by atoms with van der Waals surface area (Å²) in [5.74, 6) is 2.25. The van der Waals surface area contributed by atoms with Crippen molar-refractivity contribution in [3.8, 4) is 0 Å². The maximum absolute atomic E-state index is 9.68. The van der Waals surface area contributed by atoms with Gasteiger partial charge in [-0.05, 0) is 32.6 Å². The molecule has 1 aromatic rings. The fourth-order valence-corrected chi connectivity index (χ4v) is 1.67. The Morgan fingerprint density at radius 2 is 2.28 bits per heavy atom. The van der Waals surface area contributed by atoms with Gasteiger partial charge in [-0.25, -0.2) is 4.98 Å². The SMILES string of the molecule is Cc1nc(CNCC(O)COCC2CC2)oc1C. The van der Waals surface area contributed by atoms with Crippen LogP contribution in [0.25, 0.3) is 0 Å². The normalized spacial score (nSPS) is 17.1. The summed E-state index contributed by atoms with van der Waals surface area (Å²) in [5, 5.41) is 12.8. The standard InChI is InChI=1S/C13H22N2O3/c1-9-10(2)18-13(15-9)6-14-5-12(16)8-17-7-11-3-4-11/h11-12,14,16H,3-8H2,1-2H3. The predicted molar refractivity (Wildman–Crippen MR) is 67.2 cm³/mol. The third-order valence-corrected chi connectivity index (χ3v) is 3.09. The number of aryl methyl sites for hydroxylation is 2. The topological polar surface area (TPSA) is 67.5 Å². The van der Waals surface area contributed by atoms with E-state index in [2.05, 4.69) is 10.3 Å². The van der Waals surface area contributed by atoms with E-state index in [1.54, 1.807) is 0 Å². The van der Waals surface area contributed by atoms with Crippen LogP contribution in [-0.4, -0.2) is 36.0 Å². The number of oxazole rings is 1. The molecule has 1 aliphatic carbocycles. The van der Waals surface area contributed by atoms with Crippen LogP contribution in [0.2, 0.25) is 0 Å². The number of aliphatic hydroxyl groups is 1. The highest BCUT2D eigenvalue weighted by Gasteiger charge is 2.21. The van der Waals surface area contributed by atoms with Crippen LogP contribution in [0.4, 0.5) is 0 Å². The van der Waals surface area contributed by atoms with Crippen LogP contribution in [0.3, 0.4) is 0 Å². The first-order chi connectivity index (χ1) is 8.65. The quantitative estimate of drug-likeness (QED) is 0.729. The second-order valence-electron chi connectivity index (χ2n) is 5.01. The molecule has 102 valence electrons. The van der Waals surface area contributed by atoms with Crippen LogP contribution in [0, 0.1) is 19.8 Å². The smallest absolute Gasteiger partial charge is 0.208 e. The second kappa shape index (κ2) is 6.31. The fourth-order valence-electron chi connectivity index (χ4n) is 1.67. The van der Waals surface area contributed by atoms with E-state index in [1.165, 1.54) is 12.8 Å². The van der Waals surface area contributed by atoms with Gasteiger partial charge < -0.3 is 19.6 Å². The lowest BCUT2D eigenvalue weighted by atomic mass is 10.3. The molecule has 1 aromatic heterocycles. The molecule has 1 unspecified atom stereocenters. The Balaban J connectivity index is 1.56. The minimum Gasteiger partial charge on any atom is -0.444 e. The molecule has 1 fully saturated rings. The molecule has 1 saturated carbocycles. The number of hydrogen-bond acceptors (Lipinski definition) is 5. The molecular weight excluding hydrogens is 232 g/mol. The first kappa shape index (κ1) is 13.5. The molecule has 1 aliphatic rings. The van der Waals surface area contributed by atoms with Gasteiger partial charge in [0, 0.05) is 13.2 Å². The van der Waals surface area contributed by atoms with E-state index < -0.39 is 6.10 Å². The maximum atomic E-state index is 9.68. The third-order valence-electron chi connectivity index (χ3n) is 3.09. The van der Waals surface area contributed by atoms with Crippen LogP contribution in [0.5, 0.6) is 0 Å². The highest BCUT2D eigenvalue weighted by molar-refractivity contribution is 5.05. The fraction of sp³-hybridized carbons (Fsp3) is 0.769. The van der Waals surface area contributed by atoms with E-state index in [0.29, 0.717) is 25.6 Å². The van der Waals surface area contributed by atoms with Gasteiger partial charge in [-0.1, -0.05) is 0 Å². The molecule has 0 spiro atoms. The summed E-state index contributed by atoms with van der Waals surface area (Å²) >= 11 is 0. The van der Waals surface area contributed by atoms with Gasteiger partial charge in [0.1, 0.15) is 5.76 Å². The van der Waals surface area contributed by atoms with E-state index in [-0.39, 0.29) is 0 Å². The highest BCUT2D eigenvalue weighted by Crippen LogP contribution is 2.28. The van der Waals surface area contributed by atoms with E-state index in [9.17, 15) is 5.11 Å². The van der Waals surface area contributed by atoms with Crippen molar-refractivity contribution in [2.45, 2.75) is 39.3 Å². The van der Waals surface area contributed by atoms with Crippen LogP contribution in [0.15, 0.2) is 4.42 Å². The first-order valence-electron chi connectivity index (χ1n) is 6.54. The third kappa shape index (κ3) is 4.40. The Morgan fingerprint density at radius 3 is 2.89 bits per heavy atom. The number of nitrogens with one attached hydrogen (secondary N) is 1. The number of aromatic nitrogens is 1. The lowest BCUT2D eigenvalue weighted by molar-refractivity contribution is 0.0322. The first-order valence-corrected chi connectivity index (χ1v) is 6.54. The highest BCUT2D eigenvalue weighted by atomic mass is 16.5. The van der Waals surface area contributed by atoms with Crippen LogP contribution >= 0.6 is 0 Å². The second-order valence-corrected chi connectivity index (χ2v) is 5.01. The van der Waals surface area contributed by atoms with E-state index in [1.807, 2.05) is 13.8 Å². The van der Waals surface area contributed by atoms with Gasteiger partial charge >= 0.3 is 0 Å². The molecule has 0 amide bonds. The zero-order valence-electron chi connectivity index (χ0n) is 11.1. The monoisotopic (exact) mass is 254 g/mol. The Kier molecular flexibility index (Phi) is 4.74. The van der Waals surface area contributed by atoms with Crippen molar-refractivity contribution < 1.29 is 14.3 Å². The zero-order valence-corrected chi connectivity index (χ0v) is 11.1. The van der Waals surface area contributed by atoms with E-state index in [4.69, 9.17) is 9.15 Å². The predicted octanol–water partition coefficient (Wildman–Crippen LogP) is 1.17. The van der Waals surface area contributed by atoms with Crippen LogP contribution in [-0.2, 0) is 11.3 Å². The van der Waals surface area contributed by atoms with Gasteiger partial charge in [0.05, 0.1) is 24.9 Å². The largest absolute Gasteiger partial charge is 0.444 e.